The molecule has 0 saturated heterocycles. The molecule has 3 atom stereocenters. The van der Waals surface area contributed by atoms with Crippen LogP contribution in [0.15, 0.2) is 59.6 Å². The molecular formula is C26H24F4N2O2S. The van der Waals surface area contributed by atoms with Gasteiger partial charge in [-0.15, -0.1) is 11.8 Å². The van der Waals surface area contributed by atoms with Gasteiger partial charge >= 0.3 is 6.18 Å². The van der Waals surface area contributed by atoms with Crippen molar-refractivity contribution in [3.05, 3.63) is 77.4 Å². The average Bonchev–Trinajstić information content (AvgIpc) is 3.58. The molecular weight excluding hydrogens is 480 g/mol. The van der Waals surface area contributed by atoms with Crippen molar-refractivity contribution in [2.45, 2.75) is 35.4 Å². The van der Waals surface area contributed by atoms with Crippen molar-refractivity contribution in [2.75, 3.05) is 19.5 Å². The van der Waals surface area contributed by atoms with Gasteiger partial charge in [0.15, 0.2) is 0 Å². The Balaban J connectivity index is 1.54. The largest absolute Gasteiger partial charge is 0.432 e. The third-order valence-electron chi connectivity index (χ3n) is 6.98. The minimum Gasteiger partial charge on any atom is -0.396 e. The summed E-state index contributed by atoms with van der Waals surface area (Å²) in [7, 11) is 0. The molecule has 3 aromatic rings. The Hall–Kier alpha value is -2.62. The van der Waals surface area contributed by atoms with E-state index in [0.29, 0.717) is 18.6 Å². The van der Waals surface area contributed by atoms with Crippen molar-refractivity contribution in [1.29, 1.82) is 0 Å². The Labute approximate surface area is 204 Å². The molecule has 1 spiro atoms. The summed E-state index contributed by atoms with van der Waals surface area (Å²) in [5.41, 5.74) is 1.74. The van der Waals surface area contributed by atoms with Crippen LogP contribution in [-0.4, -0.2) is 40.1 Å². The number of aromatic nitrogens is 2. The number of H-pyrrole nitrogens is 1. The number of aromatic amines is 1. The molecule has 35 heavy (non-hydrogen) atoms. The molecule has 0 bridgehead atoms. The first-order valence-electron chi connectivity index (χ1n) is 11.3. The van der Waals surface area contributed by atoms with E-state index in [4.69, 9.17) is 4.74 Å². The molecule has 0 amide bonds. The van der Waals surface area contributed by atoms with Crippen LogP contribution in [0.1, 0.15) is 35.6 Å². The van der Waals surface area contributed by atoms with Gasteiger partial charge in [-0.05, 0) is 72.1 Å². The number of ether oxygens (including phenoxy) is 1. The monoisotopic (exact) mass is 504 g/mol. The van der Waals surface area contributed by atoms with Crippen LogP contribution in [0, 0.1) is 11.7 Å². The molecule has 184 valence electrons. The average molecular weight is 505 g/mol. The molecule has 2 aliphatic rings. The minimum absolute atomic E-state index is 0.00189. The normalized spacial score (nSPS) is 24.3. The maximum Gasteiger partial charge on any atom is 0.432 e. The van der Waals surface area contributed by atoms with E-state index in [-0.39, 0.29) is 30.1 Å². The Morgan fingerprint density at radius 2 is 1.97 bits per heavy atom. The summed E-state index contributed by atoms with van der Waals surface area (Å²) in [4.78, 5) is 7.27. The third kappa shape index (κ3) is 4.41. The van der Waals surface area contributed by atoms with Gasteiger partial charge in [0.25, 0.3) is 0 Å². The van der Waals surface area contributed by atoms with E-state index in [1.165, 1.54) is 12.1 Å². The van der Waals surface area contributed by atoms with Crippen molar-refractivity contribution in [3.8, 4) is 11.4 Å². The number of thioether (sulfide) groups is 1. The van der Waals surface area contributed by atoms with Crippen LogP contribution in [0.4, 0.5) is 17.6 Å². The van der Waals surface area contributed by atoms with Crippen molar-refractivity contribution in [2.24, 2.45) is 5.92 Å². The van der Waals surface area contributed by atoms with E-state index in [0.717, 1.165) is 34.2 Å². The number of aliphatic hydroxyl groups is 1. The Morgan fingerprint density at radius 1 is 1.20 bits per heavy atom. The van der Waals surface area contributed by atoms with Crippen LogP contribution in [0.3, 0.4) is 0 Å². The number of hydrogen-bond donors (Lipinski definition) is 2. The molecule has 0 radical (unpaired) electrons. The summed E-state index contributed by atoms with van der Waals surface area (Å²) in [5.74, 6) is -0.332. The van der Waals surface area contributed by atoms with Gasteiger partial charge in [0.05, 0.1) is 18.4 Å². The van der Waals surface area contributed by atoms with E-state index < -0.39 is 17.5 Å². The van der Waals surface area contributed by atoms with E-state index >= 15 is 0 Å². The number of benzene rings is 2. The molecule has 1 aromatic heterocycles. The lowest BCUT2D eigenvalue weighted by Gasteiger charge is -2.32. The van der Waals surface area contributed by atoms with E-state index in [9.17, 15) is 22.7 Å². The number of aliphatic hydroxyl groups excluding tert-OH is 1. The molecule has 2 heterocycles. The minimum atomic E-state index is -4.50. The smallest absolute Gasteiger partial charge is 0.396 e. The summed E-state index contributed by atoms with van der Waals surface area (Å²) in [6.45, 7) is 0.334. The first-order chi connectivity index (χ1) is 16.7. The maximum absolute atomic E-state index is 13.6. The molecule has 9 heteroatoms. The highest BCUT2D eigenvalue weighted by molar-refractivity contribution is 7.98. The highest BCUT2D eigenvalue weighted by Gasteiger charge is 2.51. The van der Waals surface area contributed by atoms with Crippen LogP contribution >= 0.6 is 11.8 Å². The zero-order valence-corrected chi connectivity index (χ0v) is 19.7. The summed E-state index contributed by atoms with van der Waals surface area (Å²) >= 11 is 1.54. The molecule has 4 nitrogen and oxygen atoms in total. The van der Waals surface area contributed by atoms with Gasteiger partial charge in [-0.25, -0.2) is 9.37 Å². The second-order valence-corrected chi connectivity index (χ2v) is 9.83. The quantitative estimate of drug-likeness (QED) is 0.317. The van der Waals surface area contributed by atoms with Crippen molar-refractivity contribution < 1.29 is 27.4 Å². The van der Waals surface area contributed by atoms with Gasteiger partial charge in [0.2, 0.25) is 0 Å². The predicted molar refractivity (Wildman–Crippen MR) is 126 cm³/mol. The Morgan fingerprint density at radius 3 is 2.63 bits per heavy atom. The lowest BCUT2D eigenvalue weighted by atomic mass is 9.80. The fraction of sp³-hybridized carbons (Fsp3) is 0.346. The van der Waals surface area contributed by atoms with Crippen LogP contribution in [0.5, 0.6) is 0 Å². The highest BCUT2D eigenvalue weighted by atomic mass is 32.2. The van der Waals surface area contributed by atoms with Crippen LogP contribution in [0.25, 0.3) is 17.0 Å². The number of imidazole rings is 1. The number of nitrogens with zero attached hydrogens (tertiary/aromatic N) is 1. The van der Waals surface area contributed by atoms with Gasteiger partial charge in [-0.3, -0.25) is 0 Å². The topological polar surface area (TPSA) is 58.1 Å². The summed E-state index contributed by atoms with van der Waals surface area (Å²) in [5, 5.41) is 10.0. The summed E-state index contributed by atoms with van der Waals surface area (Å²) < 4.78 is 59.1. The first kappa shape index (κ1) is 24.1. The zero-order chi connectivity index (χ0) is 24.8. The first-order valence-corrected chi connectivity index (χ1v) is 12.5. The predicted octanol–water partition coefficient (Wildman–Crippen LogP) is 6.30. The molecule has 1 saturated carbocycles. The Kier molecular flexibility index (Phi) is 6.27. The Bertz CT molecular complexity index is 1250. The second-order valence-electron chi connectivity index (χ2n) is 8.98. The third-order valence-corrected chi connectivity index (χ3v) is 7.78. The van der Waals surface area contributed by atoms with Crippen LogP contribution < -0.4 is 0 Å². The van der Waals surface area contributed by atoms with Crippen LogP contribution in [-0.2, 0) is 10.9 Å². The van der Waals surface area contributed by atoms with Gasteiger partial charge in [-0.1, -0.05) is 18.2 Å². The van der Waals surface area contributed by atoms with Crippen molar-refractivity contribution in [3.63, 3.8) is 0 Å². The van der Waals surface area contributed by atoms with Gasteiger partial charge in [0, 0.05) is 23.0 Å². The van der Waals surface area contributed by atoms with Gasteiger partial charge < -0.3 is 14.8 Å². The lowest BCUT2D eigenvalue weighted by Crippen LogP contribution is -2.33. The van der Waals surface area contributed by atoms with Gasteiger partial charge in [-0.2, -0.15) is 13.2 Å². The summed E-state index contributed by atoms with van der Waals surface area (Å²) in [6, 6.07) is 11.8. The second kappa shape index (κ2) is 9.11. The summed E-state index contributed by atoms with van der Waals surface area (Å²) in [6.07, 6.45) is 1.82. The molecule has 1 aliphatic heterocycles. The van der Waals surface area contributed by atoms with E-state index in [1.807, 2.05) is 18.4 Å². The lowest BCUT2D eigenvalue weighted by molar-refractivity contribution is -0.140. The molecule has 2 N–H and O–H groups in total. The maximum atomic E-state index is 13.6. The van der Waals surface area contributed by atoms with Gasteiger partial charge in [0.1, 0.15) is 17.3 Å². The molecule has 5 rings (SSSR count). The fourth-order valence-electron chi connectivity index (χ4n) is 5.34. The molecule has 2 aromatic carbocycles. The van der Waals surface area contributed by atoms with E-state index in [1.54, 1.807) is 30.0 Å². The number of halogens is 4. The number of alkyl halides is 3. The number of nitrogens with one attached hydrogen (secondary N) is 1. The highest BCUT2D eigenvalue weighted by Crippen LogP contribution is 2.53. The number of rotatable bonds is 5. The van der Waals surface area contributed by atoms with Crippen LogP contribution in [0.2, 0.25) is 0 Å². The number of hydrogen-bond acceptors (Lipinski definition) is 4. The molecule has 1 fully saturated rings. The standard InChI is InChI=1S/C26H24F4N2O2S/c1-35-21-7-4-16(24-31-12-22(32-24)26(28,29)30)10-20(21)18-11-25(34-14-18)9-8-17(13-33)23(25)15-2-5-19(27)6-3-15/h2-7,10-12,17,23,33H,8-9,13-14H2,1H3,(H,31,32)/t17-,23-,25-/m1/s1. The fourth-order valence-corrected chi connectivity index (χ4v) is 5.96. The SMILES string of the molecule is CSc1ccc(-c2ncc(C(F)(F)F)[nH]2)cc1C1=C[C@@]2(CC[C@H](CO)[C@H]2c2ccc(F)cc2)OC1. The van der Waals surface area contributed by atoms with Crippen molar-refractivity contribution in [1.82, 2.24) is 9.97 Å². The van der Waals surface area contributed by atoms with Crippen molar-refractivity contribution >= 4 is 17.3 Å². The van der Waals surface area contributed by atoms with E-state index in [2.05, 4.69) is 16.0 Å². The molecule has 0 unspecified atom stereocenters. The molecule has 1 aliphatic carbocycles. The zero-order valence-electron chi connectivity index (χ0n) is 18.9.